The number of amides is 1. The number of hydrogen-bond acceptors (Lipinski definition) is 3. The summed E-state index contributed by atoms with van der Waals surface area (Å²) >= 11 is 0. The molecule has 0 spiro atoms. The van der Waals surface area contributed by atoms with E-state index in [0.29, 0.717) is 10.9 Å². The van der Waals surface area contributed by atoms with E-state index >= 15 is 0 Å². The molecule has 0 bridgehead atoms. The van der Waals surface area contributed by atoms with Gasteiger partial charge in [0.15, 0.2) is 9.84 Å². The molecule has 0 aliphatic rings. The van der Waals surface area contributed by atoms with Crippen LogP contribution in [0.3, 0.4) is 0 Å². The highest BCUT2D eigenvalue weighted by Gasteiger charge is 2.23. The SMILES string of the molecule is O=C(Cn1cc(S(=O)(=O)Cc2ccccc2)c2ccccc21)NC(c1ccccc1)c1ccccc1. The lowest BCUT2D eigenvalue weighted by Crippen LogP contribution is -2.32. The average Bonchev–Trinajstić information content (AvgIpc) is 3.28. The van der Waals surface area contributed by atoms with Gasteiger partial charge in [-0.1, -0.05) is 109 Å². The Labute approximate surface area is 211 Å². The third-order valence-corrected chi connectivity index (χ3v) is 7.88. The minimum atomic E-state index is -3.62. The third kappa shape index (κ3) is 5.09. The van der Waals surface area contributed by atoms with Gasteiger partial charge in [-0.3, -0.25) is 4.79 Å². The number of hydrogen-bond donors (Lipinski definition) is 1. The number of carbonyl (C=O) groups excluding carboxylic acids is 1. The Morgan fingerprint density at radius 2 is 1.25 bits per heavy atom. The minimum absolute atomic E-state index is 0.00244. The van der Waals surface area contributed by atoms with Gasteiger partial charge in [0.2, 0.25) is 5.91 Å². The Morgan fingerprint density at radius 3 is 1.86 bits per heavy atom. The number of aromatic nitrogens is 1. The molecule has 0 unspecified atom stereocenters. The second kappa shape index (κ2) is 10.2. The zero-order valence-electron chi connectivity index (χ0n) is 19.6. The average molecular weight is 495 g/mol. The van der Waals surface area contributed by atoms with Gasteiger partial charge in [0.1, 0.15) is 6.54 Å². The van der Waals surface area contributed by atoms with Gasteiger partial charge in [-0.05, 0) is 22.8 Å². The summed E-state index contributed by atoms with van der Waals surface area (Å²) in [6.07, 6.45) is 1.59. The zero-order valence-corrected chi connectivity index (χ0v) is 20.4. The maximum atomic E-state index is 13.3. The highest BCUT2D eigenvalue weighted by atomic mass is 32.2. The first-order chi connectivity index (χ1) is 17.5. The Morgan fingerprint density at radius 1 is 0.722 bits per heavy atom. The van der Waals surface area contributed by atoms with Crippen LogP contribution in [0.25, 0.3) is 10.9 Å². The molecule has 0 radical (unpaired) electrons. The van der Waals surface area contributed by atoms with Crippen molar-refractivity contribution in [3.63, 3.8) is 0 Å². The van der Waals surface area contributed by atoms with Crippen molar-refractivity contribution in [2.45, 2.75) is 23.2 Å². The fourth-order valence-electron chi connectivity index (χ4n) is 4.47. The van der Waals surface area contributed by atoms with E-state index in [2.05, 4.69) is 5.32 Å². The van der Waals surface area contributed by atoms with Crippen molar-refractivity contribution in [1.82, 2.24) is 9.88 Å². The van der Waals surface area contributed by atoms with Gasteiger partial charge in [0.25, 0.3) is 0 Å². The van der Waals surface area contributed by atoms with Crippen molar-refractivity contribution < 1.29 is 13.2 Å². The van der Waals surface area contributed by atoms with Gasteiger partial charge >= 0.3 is 0 Å². The summed E-state index contributed by atoms with van der Waals surface area (Å²) in [4.78, 5) is 13.5. The van der Waals surface area contributed by atoms with Crippen LogP contribution in [0.4, 0.5) is 0 Å². The fourth-order valence-corrected chi connectivity index (χ4v) is 6.06. The van der Waals surface area contributed by atoms with Gasteiger partial charge in [0, 0.05) is 17.1 Å². The molecule has 0 aliphatic heterocycles. The molecular formula is C30H26N2O3S. The van der Waals surface area contributed by atoms with Gasteiger partial charge in [-0.2, -0.15) is 0 Å². The van der Waals surface area contributed by atoms with Crippen molar-refractivity contribution in [3.8, 4) is 0 Å². The van der Waals surface area contributed by atoms with Crippen LogP contribution < -0.4 is 5.32 Å². The van der Waals surface area contributed by atoms with E-state index in [1.54, 1.807) is 29.0 Å². The molecule has 4 aromatic carbocycles. The van der Waals surface area contributed by atoms with E-state index in [-0.39, 0.29) is 29.1 Å². The first-order valence-electron chi connectivity index (χ1n) is 11.7. The normalized spacial score (nSPS) is 11.6. The quantitative estimate of drug-likeness (QED) is 0.309. The lowest BCUT2D eigenvalue weighted by atomic mass is 9.99. The number of nitrogens with zero attached hydrogens (tertiary/aromatic N) is 1. The maximum absolute atomic E-state index is 13.3. The van der Waals surface area contributed by atoms with Crippen LogP contribution in [0.15, 0.2) is 126 Å². The van der Waals surface area contributed by atoms with Crippen molar-refractivity contribution in [2.75, 3.05) is 0 Å². The van der Waals surface area contributed by atoms with Gasteiger partial charge < -0.3 is 9.88 Å². The van der Waals surface area contributed by atoms with Crippen molar-refractivity contribution >= 4 is 26.6 Å². The van der Waals surface area contributed by atoms with E-state index < -0.39 is 9.84 Å². The van der Waals surface area contributed by atoms with Gasteiger partial charge in [-0.15, -0.1) is 0 Å². The Bertz CT molecular complexity index is 1540. The summed E-state index contributed by atoms with van der Waals surface area (Å²) in [7, 11) is -3.62. The minimum Gasteiger partial charge on any atom is -0.344 e. The topological polar surface area (TPSA) is 68.2 Å². The van der Waals surface area contributed by atoms with Crippen LogP contribution in [0.5, 0.6) is 0 Å². The second-order valence-electron chi connectivity index (χ2n) is 8.70. The maximum Gasteiger partial charge on any atom is 0.240 e. The lowest BCUT2D eigenvalue weighted by molar-refractivity contribution is -0.122. The van der Waals surface area contributed by atoms with Gasteiger partial charge in [0.05, 0.1) is 16.7 Å². The van der Waals surface area contributed by atoms with Crippen LogP contribution in [0.1, 0.15) is 22.7 Å². The largest absolute Gasteiger partial charge is 0.344 e. The molecule has 1 N–H and O–H groups in total. The summed E-state index contributed by atoms with van der Waals surface area (Å²) in [5.74, 6) is -0.307. The van der Waals surface area contributed by atoms with E-state index in [4.69, 9.17) is 0 Å². The molecule has 6 heteroatoms. The van der Waals surface area contributed by atoms with Crippen LogP contribution in [-0.2, 0) is 26.9 Å². The smallest absolute Gasteiger partial charge is 0.240 e. The molecule has 180 valence electrons. The Kier molecular flexibility index (Phi) is 6.69. The lowest BCUT2D eigenvalue weighted by Gasteiger charge is -2.20. The number of carbonyl (C=O) groups is 1. The molecular weight excluding hydrogens is 468 g/mol. The molecule has 0 fully saturated rings. The highest BCUT2D eigenvalue weighted by Crippen LogP contribution is 2.28. The summed E-state index contributed by atoms with van der Waals surface area (Å²) in [5.41, 5.74) is 3.37. The second-order valence-corrected chi connectivity index (χ2v) is 10.7. The third-order valence-electron chi connectivity index (χ3n) is 6.17. The molecule has 5 aromatic rings. The number of sulfone groups is 1. The molecule has 0 saturated heterocycles. The number of fused-ring (bicyclic) bond motifs is 1. The molecule has 5 nitrogen and oxygen atoms in total. The highest BCUT2D eigenvalue weighted by molar-refractivity contribution is 7.90. The Balaban J connectivity index is 1.45. The van der Waals surface area contributed by atoms with E-state index in [0.717, 1.165) is 16.7 Å². The molecule has 1 amide bonds. The number of para-hydroxylation sites is 1. The molecule has 36 heavy (non-hydrogen) atoms. The van der Waals surface area contributed by atoms with Crippen LogP contribution in [0.2, 0.25) is 0 Å². The first kappa shape index (κ1) is 23.6. The van der Waals surface area contributed by atoms with Crippen LogP contribution in [0, 0.1) is 0 Å². The summed E-state index contributed by atoms with van der Waals surface area (Å²) in [6.45, 7) is -0.00244. The molecule has 0 saturated carbocycles. The van der Waals surface area contributed by atoms with Crippen LogP contribution >= 0.6 is 0 Å². The van der Waals surface area contributed by atoms with E-state index in [9.17, 15) is 13.2 Å². The number of nitrogens with one attached hydrogen (secondary N) is 1. The summed E-state index contributed by atoms with van der Waals surface area (Å²) < 4.78 is 28.4. The molecule has 0 atom stereocenters. The number of benzene rings is 4. The summed E-state index contributed by atoms with van der Waals surface area (Å²) in [6, 6.07) is 35.7. The molecule has 5 rings (SSSR count). The van der Waals surface area contributed by atoms with E-state index in [1.165, 1.54) is 0 Å². The predicted octanol–water partition coefficient (Wildman–Crippen LogP) is 5.52. The molecule has 1 heterocycles. The zero-order chi connectivity index (χ0) is 25.0. The van der Waals surface area contributed by atoms with Crippen molar-refractivity contribution in [2.24, 2.45) is 0 Å². The molecule has 1 aromatic heterocycles. The van der Waals surface area contributed by atoms with E-state index in [1.807, 2.05) is 97.1 Å². The van der Waals surface area contributed by atoms with Gasteiger partial charge in [-0.25, -0.2) is 8.42 Å². The van der Waals surface area contributed by atoms with Crippen LogP contribution in [-0.4, -0.2) is 18.9 Å². The van der Waals surface area contributed by atoms with Crippen molar-refractivity contribution in [3.05, 3.63) is 138 Å². The monoisotopic (exact) mass is 494 g/mol. The predicted molar refractivity (Wildman–Crippen MR) is 142 cm³/mol. The van der Waals surface area contributed by atoms with Crippen molar-refractivity contribution in [1.29, 1.82) is 0 Å². The summed E-state index contributed by atoms with van der Waals surface area (Å²) in [5, 5.41) is 3.76. The first-order valence-corrected chi connectivity index (χ1v) is 13.4. The standard InChI is InChI=1S/C30H26N2O3S/c33-29(31-30(24-14-6-2-7-15-24)25-16-8-3-9-17-25)21-32-20-28(26-18-10-11-19-27(26)32)36(34,35)22-23-12-4-1-5-13-23/h1-20,30H,21-22H2,(H,31,33). The fraction of sp³-hybridized carbons (Fsp3) is 0.100. The Hall–Kier alpha value is -4.16. The number of rotatable bonds is 8. The molecule has 0 aliphatic carbocycles.